The lowest BCUT2D eigenvalue weighted by Crippen LogP contribution is -2.56. The van der Waals surface area contributed by atoms with Crippen LogP contribution in [-0.2, 0) is 0 Å². The van der Waals surface area contributed by atoms with Gasteiger partial charge in [-0.25, -0.2) is 0 Å². The SMILES string of the molecule is CCCC1CN(C2CC2C)C(C)CN1. The van der Waals surface area contributed by atoms with Gasteiger partial charge in [-0.15, -0.1) is 0 Å². The minimum atomic E-state index is 0.748. The third kappa shape index (κ3) is 2.12. The third-order valence-corrected chi connectivity index (χ3v) is 3.83. The van der Waals surface area contributed by atoms with Gasteiger partial charge in [0.25, 0.3) is 0 Å². The van der Waals surface area contributed by atoms with Gasteiger partial charge in [0, 0.05) is 31.2 Å². The molecule has 2 rings (SSSR count). The molecule has 0 aromatic carbocycles. The van der Waals surface area contributed by atoms with Crippen molar-refractivity contribution in [1.82, 2.24) is 10.2 Å². The van der Waals surface area contributed by atoms with Crippen molar-refractivity contribution in [2.45, 2.75) is 58.2 Å². The first kappa shape index (κ1) is 10.4. The molecule has 0 spiro atoms. The van der Waals surface area contributed by atoms with Gasteiger partial charge < -0.3 is 5.32 Å². The van der Waals surface area contributed by atoms with E-state index in [0.717, 1.165) is 24.0 Å². The lowest BCUT2D eigenvalue weighted by atomic mass is 10.1. The molecule has 1 heterocycles. The summed E-state index contributed by atoms with van der Waals surface area (Å²) in [6.45, 7) is 9.50. The fourth-order valence-electron chi connectivity index (χ4n) is 2.72. The van der Waals surface area contributed by atoms with Crippen molar-refractivity contribution >= 4 is 0 Å². The number of hydrogen-bond donors (Lipinski definition) is 1. The highest BCUT2D eigenvalue weighted by atomic mass is 15.3. The Morgan fingerprint density at radius 2 is 2.07 bits per heavy atom. The van der Waals surface area contributed by atoms with Gasteiger partial charge in [0.05, 0.1) is 0 Å². The molecular weight excluding hydrogens is 172 g/mol. The topological polar surface area (TPSA) is 15.3 Å². The number of nitrogens with zero attached hydrogens (tertiary/aromatic N) is 1. The molecule has 4 atom stereocenters. The highest BCUT2D eigenvalue weighted by Gasteiger charge is 2.41. The van der Waals surface area contributed by atoms with Crippen molar-refractivity contribution in [3.05, 3.63) is 0 Å². The van der Waals surface area contributed by atoms with Gasteiger partial charge in [0.2, 0.25) is 0 Å². The van der Waals surface area contributed by atoms with Crippen LogP contribution in [0.15, 0.2) is 0 Å². The molecular formula is C12H24N2. The van der Waals surface area contributed by atoms with Gasteiger partial charge in [-0.05, 0) is 25.7 Å². The Bertz CT molecular complexity index is 191. The molecule has 4 unspecified atom stereocenters. The van der Waals surface area contributed by atoms with Gasteiger partial charge >= 0.3 is 0 Å². The first-order chi connectivity index (χ1) is 6.72. The van der Waals surface area contributed by atoms with Crippen molar-refractivity contribution in [2.24, 2.45) is 5.92 Å². The fraction of sp³-hybridized carbons (Fsp3) is 1.00. The normalized spacial score (nSPS) is 43.9. The smallest absolute Gasteiger partial charge is 0.0196 e. The Labute approximate surface area is 88.1 Å². The molecule has 2 aliphatic rings. The van der Waals surface area contributed by atoms with Crippen LogP contribution in [0.3, 0.4) is 0 Å². The average Bonchev–Trinajstić information content (AvgIpc) is 2.87. The van der Waals surface area contributed by atoms with E-state index >= 15 is 0 Å². The van der Waals surface area contributed by atoms with Crippen LogP contribution < -0.4 is 5.32 Å². The Morgan fingerprint density at radius 3 is 2.64 bits per heavy atom. The van der Waals surface area contributed by atoms with Gasteiger partial charge in [-0.1, -0.05) is 20.3 Å². The lowest BCUT2D eigenvalue weighted by molar-refractivity contribution is 0.123. The van der Waals surface area contributed by atoms with Crippen LogP contribution in [0.25, 0.3) is 0 Å². The monoisotopic (exact) mass is 196 g/mol. The maximum Gasteiger partial charge on any atom is 0.0196 e. The van der Waals surface area contributed by atoms with E-state index in [4.69, 9.17) is 0 Å². The predicted molar refractivity (Wildman–Crippen MR) is 60.4 cm³/mol. The second-order valence-electron chi connectivity index (χ2n) is 5.22. The molecule has 0 aromatic rings. The number of piperazine rings is 1. The van der Waals surface area contributed by atoms with E-state index in [0.29, 0.717) is 0 Å². The second kappa shape index (κ2) is 4.19. The molecule has 0 radical (unpaired) electrons. The van der Waals surface area contributed by atoms with E-state index in [1.165, 1.54) is 32.4 Å². The molecule has 2 fully saturated rings. The predicted octanol–water partition coefficient (Wildman–Crippen LogP) is 1.86. The van der Waals surface area contributed by atoms with Gasteiger partial charge in [-0.2, -0.15) is 0 Å². The zero-order valence-electron chi connectivity index (χ0n) is 9.79. The highest BCUT2D eigenvalue weighted by Crippen LogP contribution is 2.37. The molecule has 82 valence electrons. The zero-order chi connectivity index (χ0) is 10.1. The van der Waals surface area contributed by atoms with E-state index < -0.39 is 0 Å². The van der Waals surface area contributed by atoms with Crippen molar-refractivity contribution in [2.75, 3.05) is 13.1 Å². The first-order valence-electron chi connectivity index (χ1n) is 6.21. The Hall–Kier alpha value is -0.0800. The van der Waals surface area contributed by atoms with E-state index in [2.05, 4.69) is 31.0 Å². The van der Waals surface area contributed by atoms with E-state index in [9.17, 15) is 0 Å². The van der Waals surface area contributed by atoms with Crippen molar-refractivity contribution in [3.63, 3.8) is 0 Å². The summed E-state index contributed by atoms with van der Waals surface area (Å²) in [6, 6.07) is 2.41. The molecule has 0 bridgehead atoms. The summed E-state index contributed by atoms with van der Waals surface area (Å²) in [5, 5.41) is 3.66. The maximum absolute atomic E-state index is 3.66. The van der Waals surface area contributed by atoms with Crippen LogP contribution in [0.4, 0.5) is 0 Å². The third-order valence-electron chi connectivity index (χ3n) is 3.83. The Morgan fingerprint density at radius 1 is 1.36 bits per heavy atom. The van der Waals surface area contributed by atoms with Crippen molar-refractivity contribution in [3.8, 4) is 0 Å². The summed E-state index contributed by atoms with van der Waals surface area (Å²) in [5.41, 5.74) is 0. The largest absolute Gasteiger partial charge is 0.311 e. The van der Waals surface area contributed by atoms with Crippen LogP contribution in [-0.4, -0.2) is 36.1 Å². The fourth-order valence-corrected chi connectivity index (χ4v) is 2.72. The van der Waals surface area contributed by atoms with E-state index in [-0.39, 0.29) is 0 Å². The zero-order valence-corrected chi connectivity index (χ0v) is 9.79. The van der Waals surface area contributed by atoms with E-state index in [1.54, 1.807) is 0 Å². The summed E-state index contributed by atoms with van der Waals surface area (Å²) in [5.74, 6) is 0.956. The highest BCUT2D eigenvalue weighted by molar-refractivity contribution is 4.97. The quantitative estimate of drug-likeness (QED) is 0.741. The summed E-state index contributed by atoms with van der Waals surface area (Å²) < 4.78 is 0. The summed E-state index contributed by atoms with van der Waals surface area (Å²) >= 11 is 0. The Balaban J connectivity index is 1.87. The maximum atomic E-state index is 3.66. The van der Waals surface area contributed by atoms with Crippen LogP contribution in [0.5, 0.6) is 0 Å². The average molecular weight is 196 g/mol. The molecule has 2 nitrogen and oxygen atoms in total. The number of nitrogens with one attached hydrogen (secondary N) is 1. The molecule has 1 saturated heterocycles. The van der Waals surface area contributed by atoms with Crippen molar-refractivity contribution in [1.29, 1.82) is 0 Å². The molecule has 1 aliphatic carbocycles. The van der Waals surface area contributed by atoms with Gasteiger partial charge in [0.15, 0.2) is 0 Å². The van der Waals surface area contributed by atoms with Gasteiger partial charge in [-0.3, -0.25) is 4.90 Å². The summed E-state index contributed by atoms with van der Waals surface area (Å²) in [7, 11) is 0. The second-order valence-corrected chi connectivity index (χ2v) is 5.22. The standard InChI is InChI=1S/C12H24N2/c1-4-5-11-8-14(10(3)7-13-11)12-6-9(12)2/h9-13H,4-8H2,1-3H3. The molecule has 1 aliphatic heterocycles. The molecule has 0 aromatic heterocycles. The van der Waals surface area contributed by atoms with Crippen molar-refractivity contribution < 1.29 is 0 Å². The summed E-state index contributed by atoms with van der Waals surface area (Å²) in [4.78, 5) is 2.74. The van der Waals surface area contributed by atoms with E-state index in [1.807, 2.05) is 0 Å². The molecule has 1 saturated carbocycles. The van der Waals surface area contributed by atoms with Gasteiger partial charge in [0.1, 0.15) is 0 Å². The van der Waals surface area contributed by atoms with Crippen LogP contribution in [0, 0.1) is 5.92 Å². The molecule has 2 heteroatoms. The first-order valence-corrected chi connectivity index (χ1v) is 6.21. The Kier molecular flexibility index (Phi) is 3.13. The minimum Gasteiger partial charge on any atom is -0.311 e. The minimum absolute atomic E-state index is 0.748. The number of hydrogen-bond acceptors (Lipinski definition) is 2. The van der Waals surface area contributed by atoms with Crippen LogP contribution in [0.1, 0.15) is 40.0 Å². The summed E-state index contributed by atoms with van der Waals surface area (Å²) in [6.07, 6.45) is 4.08. The molecule has 1 N–H and O–H groups in total. The van der Waals surface area contributed by atoms with Crippen LogP contribution in [0.2, 0.25) is 0 Å². The molecule has 14 heavy (non-hydrogen) atoms. The van der Waals surface area contributed by atoms with Crippen LogP contribution >= 0.6 is 0 Å². The number of rotatable bonds is 3. The lowest BCUT2D eigenvalue weighted by Gasteiger charge is -2.39. The molecule has 0 amide bonds.